The molecule has 3 amide bonds. The van der Waals surface area contributed by atoms with E-state index in [-0.39, 0.29) is 34.0 Å². The van der Waals surface area contributed by atoms with E-state index in [1.807, 2.05) is 0 Å². The fraction of sp³-hybridized carbons (Fsp3) is 0.667. The number of hydrogen-bond donors (Lipinski definition) is 3. The summed E-state index contributed by atoms with van der Waals surface area (Å²) in [5, 5.41) is 8.74. The number of carbonyl (C=O) groups excluding carboxylic acids is 3. The van der Waals surface area contributed by atoms with Gasteiger partial charge in [0.05, 0.1) is 0 Å². The van der Waals surface area contributed by atoms with Crippen LogP contribution in [0.25, 0.3) is 0 Å². The van der Waals surface area contributed by atoms with E-state index in [0.29, 0.717) is 36.3 Å². The standard InChI is InChI=1S/C27H45N3O3/c1-25(2,3)13-10-22(31)28-19-16-20(29-23(32)11-14-26(4,5)6)18-21(17-19)30-24(33)12-15-27(7,8)9/h16-18H,10-15H2,1-9H3,(H,28,31)(H,29,32)(H,30,33). The molecule has 6 heteroatoms. The second kappa shape index (κ2) is 11.7. The average molecular weight is 460 g/mol. The molecular weight excluding hydrogens is 414 g/mol. The molecule has 0 aliphatic heterocycles. The molecule has 0 saturated heterocycles. The van der Waals surface area contributed by atoms with Crippen LogP contribution in [0, 0.1) is 16.2 Å². The first-order chi connectivity index (χ1) is 14.9. The van der Waals surface area contributed by atoms with E-state index in [2.05, 4.69) is 78.3 Å². The van der Waals surface area contributed by atoms with Crippen molar-refractivity contribution in [3.8, 4) is 0 Å². The van der Waals surface area contributed by atoms with Crippen molar-refractivity contribution in [2.45, 2.75) is 101 Å². The average Bonchev–Trinajstić information content (AvgIpc) is 2.61. The number of benzene rings is 1. The van der Waals surface area contributed by atoms with Crippen LogP contribution >= 0.6 is 0 Å². The summed E-state index contributed by atoms with van der Waals surface area (Å²) in [7, 11) is 0. The quantitative estimate of drug-likeness (QED) is 0.372. The predicted molar refractivity (Wildman–Crippen MR) is 138 cm³/mol. The lowest BCUT2D eigenvalue weighted by molar-refractivity contribution is -0.117. The SMILES string of the molecule is CC(C)(C)CCC(=O)Nc1cc(NC(=O)CCC(C)(C)C)cc(NC(=O)CCC(C)(C)C)c1. The van der Waals surface area contributed by atoms with Crippen molar-refractivity contribution in [1.82, 2.24) is 0 Å². The highest BCUT2D eigenvalue weighted by atomic mass is 16.2. The van der Waals surface area contributed by atoms with Gasteiger partial charge in [-0.05, 0) is 53.7 Å². The van der Waals surface area contributed by atoms with Gasteiger partial charge in [-0.3, -0.25) is 14.4 Å². The molecule has 0 radical (unpaired) electrons. The molecule has 0 heterocycles. The molecule has 1 rings (SSSR count). The van der Waals surface area contributed by atoms with Crippen LogP contribution < -0.4 is 16.0 Å². The van der Waals surface area contributed by atoms with Gasteiger partial charge < -0.3 is 16.0 Å². The van der Waals surface area contributed by atoms with Gasteiger partial charge in [0.2, 0.25) is 17.7 Å². The van der Waals surface area contributed by atoms with Gasteiger partial charge in [-0.25, -0.2) is 0 Å². The van der Waals surface area contributed by atoms with Gasteiger partial charge >= 0.3 is 0 Å². The van der Waals surface area contributed by atoms with Crippen molar-refractivity contribution in [3.05, 3.63) is 18.2 Å². The number of anilines is 3. The van der Waals surface area contributed by atoms with Crippen LogP contribution in [0.3, 0.4) is 0 Å². The fourth-order valence-electron chi connectivity index (χ4n) is 2.98. The Balaban J connectivity index is 2.98. The summed E-state index contributed by atoms with van der Waals surface area (Å²) >= 11 is 0. The smallest absolute Gasteiger partial charge is 0.224 e. The number of rotatable bonds is 9. The Morgan fingerprint density at radius 3 is 0.909 bits per heavy atom. The van der Waals surface area contributed by atoms with E-state index in [1.165, 1.54) is 0 Å². The van der Waals surface area contributed by atoms with Crippen LogP contribution in [0.1, 0.15) is 101 Å². The van der Waals surface area contributed by atoms with Crippen LogP contribution in [0.2, 0.25) is 0 Å². The third kappa shape index (κ3) is 14.4. The number of nitrogens with one attached hydrogen (secondary N) is 3. The summed E-state index contributed by atoms with van der Waals surface area (Å²) in [5.41, 5.74) is 1.83. The maximum atomic E-state index is 12.5. The molecular formula is C27H45N3O3. The van der Waals surface area contributed by atoms with E-state index in [4.69, 9.17) is 0 Å². The molecule has 0 atom stereocenters. The molecule has 1 aromatic rings. The van der Waals surface area contributed by atoms with Gasteiger partial charge in [-0.1, -0.05) is 62.3 Å². The van der Waals surface area contributed by atoms with Crippen LogP contribution in [-0.2, 0) is 14.4 Å². The first-order valence-electron chi connectivity index (χ1n) is 12.0. The van der Waals surface area contributed by atoms with Gasteiger partial charge in [0.1, 0.15) is 0 Å². The van der Waals surface area contributed by atoms with E-state index < -0.39 is 0 Å². The zero-order valence-corrected chi connectivity index (χ0v) is 22.2. The predicted octanol–water partition coefficient (Wildman–Crippen LogP) is 6.98. The monoisotopic (exact) mass is 459 g/mol. The zero-order chi connectivity index (χ0) is 25.4. The fourth-order valence-corrected chi connectivity index (χ4v) is 2.98. The highest BCUT2D eigenvalue weighted by Crippen LogP contribution is 2.27. The van der Waals surface area contributed by atoms with Crippen molar-refractivity contribution in [2.75, 3.05) is 16.0 Å². The Bertz CT molecular complexity index is 703. The summed E-state index contributed by atoms with van der Waals surface area (Å²) in [4.78, 5) is 37.4. The first-order valence-corrected chi connectivity index (χ1v) is 12.0. The molecule has 0 aliphatic carbocycles. The first kappa shape index (κ1) is 28.7. The lowest BCUT2D eigenvalue weighted by atomic mass is 9.90. The van der Waals surface area contributed by atoms with E-state index in [1.54, 1.807) is 18.2 Å². The van der Waals surface area contributed by atoms with Crippen molar-refractivity contribution >= 4 is 34.8 Å². The molecule has 1 aromatic carbocycles. The summed E-state index contributed by atoms with van der Waals surface area (Å²) in [6, 6.07) is 5.19. The molecule has 0 saturated carbocycles. The highest BCUT2D eigenvalue weighted by Gasteiger charge is 2.17. The van der Waals surface area contributed by atoms with Gasteiger partial charge in [0.15, 0.2) is 0 Å². The molecule has 0 bridgehead atoms. The largest absolute Gasteiger partial charge is 0.326 e. The Kier molecular flexibility index (Phi) is 10.1. The second-order valence-corrected chi connectivity index (χ2v) is 12.6. The molecule has 6 nitrogen and oxygen atoms in total. The molecule has 3 N–H and O–H groups in total. The maximum absolute atomic E-state index is 12.5. The number of hydrogen-bond acceptors (Lipinski definition) is 3. The van der Waals surface area contributed by atoms with E-state index in [0.717, 1.165) is 19.3 Å². The van der Waals surface area contributed by atoms with Crippen molar-refractivity contribution in [1.29, 1.82) is 0 Å². The Morgan fingerprint density at radius 1 is 0.515 bits per heavy atom. The summed E-state index contributed by atoms with van der Waals surface area (Å²) in [5.74, 6) is -0.275. The van der Waals surface area contributed by atoms with Crippen LogP contribution in [0.4, 0.5) is 17.1 Å². The molecule has 0 aromatic heterocycles. The van der Waals surface area contributed by atoms with Crippen molar-refractivity contribution < 1.29 is 14.4 Å². The van der Waals surface area contributed by atoms with Crippen molar-refractivity contribution in [3.63, 3.8) is 0 Å². The second-order valence-electron chi connectivity index (χ2n) is 12.6. The van der Waals surface area contributed by atoms with Crippen LogP contribution in [0.5, 0.6) is 0 Å². The topological polar surface area (TPSA) is 87.3 Å². The summed E-state index contributed by atoms with van der Waals surface area (Å²) in [6.07, 6.45) is 3.49. The number of amides is 3. The Morgan fingerprint density at radius 2 is 0.727 bits per heavy atom. The highest BCUT2D eigenvalue weighted by molar-refractivity contribution is 5.97. The van der Waals surface area contributed by atoms with E-state index in [9.17, 15) is 14.4 Å². The maximum Gasteiger partial charge on any atom is 0.224 e. The van der Waals surface area contributed by atoms with Crippen molar-refractivity contribution in [2.24, 2.45) is 16.2 Å². The minimum atomic E-state index is -0.0915. The van der Waals surface area contributed by atoms with Crippen LogP contribution in [-0.4, -0.2) is 17.7 Å². The summed E-state index contributed by atoms with van der Waals surface area (Å²) < 4.78 is 0. The van der Waals surface area contributed by atoms with E-state index >= 15 is 0 Å². The summed E-state index contributed by atoms with van der Waals surface area (Å²) in [6.45, 7) is 18.9. The molecule has 0 aliphatic rings. The lowest BCUT2D eigenvalue weighted by Crippen LogP contribution is -2.18. The van der Waals surface area contributed by atoms with Gasteiger partial charge in [-0.2, -0.15) is 0 Å². The molecule has 0 fully saturated rings. The Hall–Kier alpha value is -2.37. The molecule has 0 spiro atoms. The minimum absolute atomic E-state index is 0.0619. The third-order valence-electron chi connectivity index (χ3n) is 5.09. The normalized spacial score (nSPS) is 12.3. The minimum Gasteiger partial charge on any atom is -0.326 e. The van der Waals surface area contributed by atoms with Gasteiger partial charge in [0, 0.05) is 36.3 Å². The van der Waals surface area contributed by atoms with Gasteiger partial charge in [0.25, 0.3) is 0 Å². The zero-order valence-electron chi connectivity index (χ0n) is 22.2. The molecule has 0 unspecified atom stereocenters. The number of carbonyl (C=O) groups is 3. The Labute approximate surface area is 200 Å². The third-order valence-corrected chi connectivity index (χ3v) is 5.09. The van der Waals surface area contributed by atoms with Crippen LogP contribution in [0.15, 0.2) is 18.2 Å². The molecule has 33 heavy (non-hydrogen) atoms. The molecule has 186 valence electrons. The lowest BCUT2D eigenvalue weighted by Gasteiger charge is -2.19. The van der Waals surface area contributed by atoms with Gasteiger partial charge in [-0.15, -0.1) is 0 Å².